The van der Waals surface area contributed by atoms with Crippen molar-refractivity contribution in [1.82, 2.24) is 14.3 Å². The molecular formula is C14H16N4O. The minimum Gasteiger partial charge on any atom is -0.506 e. The van der Waals surface area contributed by atoms with Crippen LogP contribution in [0.4, 0.5) is 5.82 Å². The molecule has 0 radical (unpaired) electrons. The molecule has 3 rings (SSSR count). The highest BCUT2D eigenvalue weighted by Crippen LogP contribution is 2.37. The van der Waals surface area contributed by atoms with Crippen LogP contribution in [0.3, 0.4) is 0 Å². The number of phenols is 1. The van der Waals surface area contributed by atoms with E-state index in [4.69, 9.17) is 5.73 Å². The molecule has 19 heavy (non-hydrogen) atoms. The van der Waals surface area contributed by atoms with E-state index < -0.39 is 0 Å². The Morgan fingerprint density at radius 1 is 1.26 bits per heavy atom. The van der Waals surface area contributed by atoms with Crippen LogP contribution >= 0.6 is 0 Å². The summed E-state index contributed by atoms with van der Waals surface area (Å²) < 4.78 is 3.63. The molecule has 0 unspecified atom stereocenters. The van der Waals surface area contributed by atoms with Gasteiger partial charge in [0.15, 0.2) is 0 Å². The molecule has 0 amide bonds. The van der Waals surface area contributed by atoms with Gasteiger partial charge in [-0.2, -0.15) is 5.10 Å². The van der Waals surface area contributed by atoms with Gasteiger partial charge in [0.25, 0.3) is 0 Å². The number of rotatable bonds is 1. The summed E-state index contributed by atoms with van der Waals surface area (Å²) in [6.45, 7) is 2.01. The van der Waals surface area contributed by atoms with Gasteiger partial charge in [-0.3, -0.25) is 4.68 Å². The van der Waals surface area contributed by atoms with Crippen molar-refractivity contribution in [3.05, 3.63) is 30.0 Å². The lowest BCUT2D eigenvalue weighted by Crippen LogP contribution is -1.96. The lowest BCUT2D eigenvalue weighted by Gasteiger charge is -2.00. The average Bonchev–Trinajstić information content (AvgIpc) is 2.80. The summed E-state index contributed by atoms with van der Waals surface area (Å²) in [6.07, 6.45) is 0. The molecule has 0 aliphatic heterocycles. The number of nitrogens with two attached hydrogens (primary N) is 1. The maximum atomic E-state index is 10.0. The summed E-state index contributed by atoms with van der Waals surface area (Å²) in [5.74, 6) is 0.893. The second-order valence-corrected chi connectivity index (χ2v) is 4.77. The van der Waals surface area contributed by atoms with Crippen LogP contribution in [0.1, 0.15) is 5.69 Å². The predicted molar refractivity (Wildman–Crippen MR) is 75.9 cm³/mol. The third-order valence-corrected chi connectivity index (χ3v) is 3.66. The Hall–Kier alpha value is -2.43. The summed E-state index contributed by atoms with van der Waals surface area (Å²) >= 11 is 0. The Bertz CT molecular complexity index is 763. The van der Waals surface area contributed by atoms with Gasteiger partial charge in [0.1, 0.15) is 11.6 Å². The number of phenolic OH excluding ortho intramolecular Hbond substituents is 1. The van der Waals surface area contributed by atoms with Gasteiger partial charge in [-0.15, -0.1) is 0 Å². The maximum absolute atomic E-state index is 10.0. The molecule has 0 aliphatic carbocycles. The molecule has 5 nitrogen and oxygen atoms in total. The molecular weight excluding hydrogens is 240 g/mol. The fraction of sp³-hybridized carbons (Fsp3) is 0.214. The SMILES string of the molecule is Cc1c(-c2cc(N)n(C)n2)c2cccc(O)c2n1C. The first kappa shape index (κ1) is 11.6. The van der Waals surface area contributed by atoms with Crippen molar-refractivity contribution in [2.75, 3.05) is 5.73 Å². The fourth-order valence-electron chi connectivity index (χ4n) is 2.54. The molecule has 5 heteroatoms. The molecule has 0 spiro atoms. The van der Waals surface area contributed by atoms with E-state index in [9.17, 15) is 5.11 Å². The second kappa shape index (κ2) is 3.78. The van der Waals surface area contributed by atoms with Gasteiger partial charge in [-0.1, -0.05) is 12.1 Å². The number of benzene rings is 1. The van der Waals surface area contributed by atoms with Gasteiger partial charge in [0, 0.05) is 36.8 Å². The molecule has 0 atom stereocenters. The van der Waals surface area contributed by atoms with Crippen molar-refractivity contribution >= 4 is 16.7 Å². The Morgan fingerprint density at radius 3 is 2.63 bits per heavy atom. The smallest absolute Gasteiger partial charge is 0.139 e. The number of aromatic nitrogens is 3. The van der Waals surface area contributed by atoms with Gasteiger partial charge < -0.3 is 15.4 Å². The second-order valence-electron chi connectivity index (χ2n) is 4.77. The lowest BCUT2D eigenvalue weighted by molar-refractivity contribution is 0.478. The summed E-state index contributed by atoms with van der Waals surface area (Å²) in [4.78, 5) is 0. The molecule has 1 aromatic carbocycles. The Labute approximate surface area is 110 Å². The Kier molecular flexibility index (Phi) is 2.32. The topological polar surface area (TPSA) is 69.0 Å². The zero-order chi connectivity index (χ0) is 13.7. The maximum Gasteiger partial charge on any atom is 0.139 e. The van der Waals surface area contributed by atoms with Crippen LogP contribution in [-0.4, -0.2) is 19.5 Å². The van der Waals surface area contributed by atoms with Crippen molar-refractivity contribution in [1.29, 1.82) is 0 Å². The summed E-state index contributed by atoms with van der Waals surface area (Å²) in [6, 6.07) is 7.37. The van der Waals surface area contributed by atoms with Crippen LogP contribution in [0.2, 0.25) is 0 Å². The molecule has 3 N–H and O–H groups in total. The first-order valence-electron chi connectivity index (χ1n) is 6.07. The molecule has 98 valence electrons. The summed E-state index contributed by atoms with van der Waals surface area (Å²) in [5, 5.41) is 15.4. The Morgan fingerprint density at radius 2 is 2.00 bits per heavy atom. The zero-order valence-electron chi connectivity index (χ0n) is 11.2. The third-order valence-electron chi connectivity index (χ3n) is 3.66. The van der Waals surface area contributed by atoms with Crippen LogP contribution in [0.25, 0.3) is 22.2 Å². The van der Waals surface area contributed by atoms with E-state index in [2.05, 4.69) is 5.10 Å². The summed E-state index contributed by atoms with van der Waals surface area (Å²) in [7, 11) is 3.75. The van der Waals surface area contributed by atoms with Gasteiger partial charge >= 0.3 is 0 Å². The molecule has 2 heterocycles. The van der Waals surface area contributed by atoms with Crippen LogP contribution in [0, 0.1) is 6.92 Å². The molecule has 0 aliphatic rings. The number of aromatic hydroxyl groups is 1. The Balaban J connectivity index is 2.41. The molecule has 0 saturated heterocycles. The first-order chi connectivity index (χ1) is 9.00. The minimum absolute atomic E-state index is 0.276. The zero-order valence-corrected chi connectivity index (χ0v) is 11.2. The number of nitrogens with zero attached hydrogens (tertiary/aromatic N) is 3. The van der Waals surface area contributed by atoms with E-state index in [-0.39, 0.29) is 5.75 Å². The highest BCUT2D eigenvalue weighted by molar-refractivity contribution is 6.00. The largest absolute Gasteiger partial charge is 0.506 e. The number of fused-ring (bicyclic) bond motifs is 1. The highest BCUT2D eigenvalue weighted by Gasteiger charge is 2.18. The van der Waals surface area contributed by atoms with E-state index in [0.717, 1.165) is 27.9 Å². The van der Waals surface area contributed by atoms with E-state index in [1.165, 1.54) is 0 Å². The van der Waals surface area contributed by atoms with Crippen molar-refractivity contribution in [3.8, 4) is 17.0 Å². The predicted octanol–water partition coefficient (Wildman–Crippen LogP) is 2.18. The van der Waals surface area contributed by atoms with Crippen molar-refractivity contribution < 1.29 is 5.11 Å². The van der Waals surface area contributed by atoms with Gasteiger partial charge in [0.05, 0.1) is 11.2 Å². The van der Waals surface area contributed by atoms with Crippen LogP contribution < -0.4 is 5.73 Å². The number of hydrogen-bond acceptors (Lipinski definition) is 3. The molecule has 0 fully saturated rings. The molecule has 3 aromatic rings. The van der Waals surface area contributed by atoms with E-state index >= 15 is 0 Å². The quantitative estimate of drug-likeness (QED) is 0.701. The van der Waals surface area contributed by atoms with Gasteiger partial charge in [0.2, 0.25) is 0 Å². The third kappa shape index (κ3) is 1.51. The van der Waals surface area contributed by atoms with Gasteiger partial charge in [-0.05, 0) is 13.0 Å². The summed E-state index contributed by atoms with van der Waals surface area (Å²) in [5.41, 5.74) is 9.56. The van der Waals surface area contributed by atoms with E-state index in [1.807, 2.05) is 43.8 Å². The van der Waals surface area contributed by atoms with Crippen LogP contribution in [-0.2, 0) is 14.1 Å². The fourth-order valence-corrected chi connectivity index (χ4v) is 2.54. The van der Waals surface area contributed by atoms with Gasteiger partial charge in [-0.25, -0.2) is 0 Å². The monoisotopic (exact) mass is 256 g/mol. The standard InChI is InChI=1S/C14H16N4O/c1-8-13(10-7-12(15)18(3)16-10)9-5-4-6-11(19)14(9)17(8)2/h4-7,19H,15H2,1-3H3. The number of anilines is 1. The van der Waals surface area contributed by atoms with E-state index in [1.54, 1.807) is 10.7 Å². The van der Waals surface area contributed by atoms with Crippen LogP contribution in [0.15, 0.2) is 24.3 Å². The highest BCUT2D eigenvalue weighted by atomic mass is 16.3. The van der Waals surface area contributed by atoms with Crippen molar-refractivity contribution in [2.45, 2.75) is 6.92 Å². The number of nitrogen functional groups attached to an aromatic ring is 1. The lowest BCUT2D eigenvalue weighted by atomic mass is 10.1. The van der Waals surface area contributed by atoms with E-state index in [0.29, 0.717) is 5.82 Å². The number of para-hydroxylation sites is 1. The van der Waals surface area contributed by atoms with Crippen molar-refractivity contribution in [3.63, 3.8) is 0 Å². The average molecular weight is 256 g/mol. The normalized spacial score (nSPS) is 11.3. The number of aryl methyl sites for hydroxylation is 2. The van der Waals surface area contributed by atoms with Crippen molar-refractivity contribution in [2.24, 2.45) is 14.1 Å². The van der Waals surface area contributed by atoms with Crippen LogP contribution in [0.5, 0.6) is 5.75 Å². The molecule has 0 saturated carbocycles. The first-order valence-corrected chi connectivity index (χ1v) is 6.07. The molecule has 0 bridgehead atoms. The number of hydrogen-bond donors (Lipinski definition) is 2. The minimum atomic E-state index is 0.276. The molecule has 2 aromatic heterocycles.